The number of aliphatic hydroxyl groups is 1. The predicted molar refractivity (Wildman–Crippen MR) is 142 cm³/mol. The minimum atomic E-state index is -0.614. The van der Waals surface area contributed by atoms with E-state index < -0.39 is 5.60 Å². The standard InChI is InChI=1S/C29H42N4O2/c34-29(24-31-16-18-33(19-17-31)27-9-3-1-4-10-27)12-15-32(25-29)23-26-8-7-11-28(22-26)35-21-20-30-13-5-2-6-14-30/h1,3-4,7-11,22,34H,2,5-6,12-21,23-25H2/t29-/m0/s1. The highest BCUT2D eigenvalue weighted by Gasteiger charge is 2.38. The van der Waals surface area contributed by atoms with Crippen LogP contribution in [0.4, 0.5) is 5.69 Å². The van der Waals surface area contributed by atoms with Crippen molar-refractivity contribution < 1.29 is 9.84 Å². The lowest BCUT2D eigenvalue weighted by Gasteiger charge is -2.39. The highest BCUT2D eigenvalue weighted by Crippen LogP contribution is 2.26. The van der Waals surface area contributed by atoms with E-state index in [4.69, 9.17) is 4.74 Å². The molecule has 3 aliphatic rings. The van der Waals surface area contributed by atoms with Crippen LogP contribution >= 0.6 is 0 Å². The van der Waals surface area contributed by atoms with E-state index in [1.807, 2.05) is 0 Å². The Bertz CT molecular complexity index is 912. The molecule has 1 N–H and O–H groups in total. The number of hydrogen-bond donors (Lipinski definition) is 1. The molecule has 35 heavy (non-hydrogen) atoms. The van der Waals surface area contributed by atoms with Gasteiger partial charge in [-0.05, 0) is 62.2 Å². The van der Waals surface area contributed by atoms with E-state index in [-0.39, 0.29) is 0 Å². The zero-order chi connectivity index (χ0) is 23.9. The van der Waals surface area contributed by atoms with Crippen LogP contribution in [0.3, 0.4) is 0 Å². The molecule has 0 unspecified atom stereocenters. The largest absolute Gasteiger partial charge is 0.492 e. The molecule has 0 aromatic heterocycles. The average molecular weight is 479 g/mol. The maximum absolute atomic E-state index is 11.3. The van der Waals surface area contributed by atoms with E-state index in [9.17, 15) is 5.11 Å². The van der Waals surface area contributed by atoms with Gasteiger partial charge in [-0.1, -0.05) is 36.8 Å². The molecule has 0 radical (unpaired) electrons. The second-order valence-electron chi connectivity index (χ2n) is 10.7. The van der Waals surface area contributed by atoms with Crippen LogP contribution in [0.15, 0.2) is 54.6 Å². The third kappa shape index (κ3) is 6.98. The van der Waals surface area contributed by atoms with E-state index in [0.717, 1.165) is 77.7 Å². The zero-order valence-corrected chi connectivity index (χ0v) is 21.2. The van der Waals surface area contributed by atoms with E-state index >= 15 is 0 Å². The summed E-state index contributed by atoms with van der Waals surface area (Å²) in [6.07, 6.45) is 4.86. The van der Waals surface area contributed by atoms with Gasteiger partial charge < -0.3 is 14.7 Å². The molecule has 3 fully saturated rings. The van der Waals surface area contributed by atoms with Crippen LogP contribution in [-0.4, -0.2) is 97.5 Å². The number of nitrogens with zero attached hydrogens (tertiary/aromatic N) is 4. The van der Waals surface area contributed by atoms with Crippen molar-refractivity contribution in [3.8, 4) is 5.75 Å². The van der Waals surface area contributed by atoms with E-state index in [2.05, 4.69) is 74.2 Å². The molecule has 0 saturated carbocycles. The Hall–Kier alpha value is -2.12. The molecule has 0 bridgehead atoms. The van der Waals surface area contributed by atoms with Crippen molar-refractivity contribution in [1.82, 2.24) is 14.7 Å². The van der Waals surface area contributed by atoms with Crippen LogP contribution in [0.2, 0.25) is 0 Å². The SMILES string of the molecule is O[C@]1(CN2CCN(c3ccccc3)CC2)CCN(Cc2cccc(OCCN3CCCCC3)c2)C1. The summed E-state index contributed by atoms with van der Waals surface area (Å²) in [6, 6.07) is 19.2. The minimum Gasteiger partial charge on any atom is -0.492 e. The number of para-hydroxylation sites is 1. The van der Waals surface area contributed by atoms with Crippen molar-refractivity contribution in [3.05, 3.63) is 60.2 Å². The molecule has 0 aliphatic carbocycles. The van der Waals surface area contributed by atoms with E-state index in [1.54, 1.807) is 0 Å². The molecule has 2 aromatic rings. The molecule has 0 spiro atoms. The Morgan fingerprint density at radius 1 is 0.771 bits per heavy atom. The molecule has 0 amide bonds. The van der Waals surface area contributed by atoms with E-state index in [0.29, 0.717) is 0 Å². The van der Waals surface area contributed by atoms with Crippen molar-refractivity contribution in [2.75, 3.05) is 77.0 Å². The molecule has 2 aromatic carbocycles. The fourth-order valence-electron chi connectivity index (χ4n) is 5.89. The summed E-state index contributed by atoms with van der Waals surface area (Å²) in [5, 5.41) is 11.3. The zero-order valence-electron chi connectivity index (χ0n) is 21.2. The Morgan fingerprint density at radius 2 is 1.57 bits per heavy atom. The summed E-state index contributed by atoms with van der Waals surface area (Å²) in [5.74, 6) is 0.963. The predicted octanol–water partition coefficient (Wildman–Crippen LogP) is 3.31. The summed E-state index contributed by atoms with van der Waals surface area (Å²) < 4.78 is 6.08. The number of piperidine rings is 1. The molecule has 6 nitrogen and oxygen atoms in total. The number of β-amino-alcohol motifs (C(OH)–C–C–N with tert-alkyl or cyclic N) is 1. The fourth-order valence-corrected chi connectivity index (χ4v) is 5.89. The third-order valence-corrected chi connectivity index (χ3v) is 7.85. The second-order valence-corrected chi connectivity index (χ2v) is 10.7. The Kier molecular flexibility index (Phi) is 8.24. The van der Waals surface area contributed by atoms with Crippen LogP contribution in [0.5, 0.6) is 5.75 Å². The van der Waals surface area contributed by atoms with Crippen molar-refractivity contribution in [2.45, 2.75) is 37.8 Å². The number of likely N-dealkylation sites (tertiary alicyclic amines) is 2. The Morgan fingerprint density at radius 3 is 2.37 bits per heavy atom. The van der Waals surface area contributed by atoms with Gasteiger partial charge in [0.05, 0.1) is 5.60 Å². The average Bonchev–Trinajstić information content (AvgIpc) is 3.25. The topological polar surface area (TPSA) is 42.4 Å². The van der Waals surface area contributed by atoms with Crippen LogP contribution in [0.1, 0.15) is 31.2 Å². The normalized spacial score (nSPS) is 24.7. The van der Waals surface area contributed by atoms with Gasteiger partial charge in [0.25, 0.3) is 0 Å². The first-order valence-electron chi connectivity index (χ1n) is 13.6. The van der Waals surface area contributed by atoms with Crippen LogP contribution in [0.25, 0.3) is 0 Å². The first-order chi connectivity index (χ1) is 17.2. The van der Waals surface area contributed by atoms with Crippen LogP contribution < -0.4 is 9.64 Å². The van der Waals surface area contributed by atoms with Gasteiger partial charge in [0.15, 0.2) is 0 Å². The second kappa shape index (κ2) is 11.7. The highest BCUT2D eigenvalue weighted by molar-refractivity contribution is 5.46. The summed E-state index contributed by atoms with van der Waals surface area (Å²) in [7, 11) is 0. The highest BCUT2D eigenvalue weighted by atomic mass is 16.5. The van der Waals surface area contributed by atoms with Crippen LogP contribution in [0, 0.1) is 0 Å². The first-order valence-corrected chi connectivity index (χ1v) is 13.6. The van der Waals surface area contributed by atoms with Gasteiger partial charge in [0.1, 0.15) is 12.4 Å². The molecule has 1 atom stereocenters. The molecule has 3 aliphatic heterocycles. The molecule has 3 heterocycles. The van der Waals surface area contributed by atoms with Gasteiger partial charge >= 0.3 is 0 Å². The van der Waals surface area contributed by atoms with Crippen LogP contribution in [-0.2, 0) is 6.54 Å². The quantitative estimate of drug-likeness (QED) is 0.597. The summed E-state index contributed by atoms with van der Waals surface area (Å²) in [4.78, 5) is 9.80. The summed E-state index contributed by atoms with van der Waals surface area (Å²) in [6.45, 7) is 11.6. The number of rotatable bonds is 9. The summed E-state index contributed by atoms with van der Waals surface area (Å²) >= 11 is 0. The smallest absolute Gasteiger partial charge is 0.119 e. The van der Waals surface area contributed by atoms with Crippen molar-refractivity contribution in [2.24, 2.45) is 0 Å². The molecule has 3 saturated heterocycles. The lowest BCUT2D eigenvalue weighted by Crippen LogP contribution is -2.52. The maximum Gasteiger partial charge on any atom is 0.119 e. The third-order valence-electron chi connectivity index (χ3n) is 7.85. The lowest BCUT2D eigenvalue weighted by atomic mass is 10.0. The fraction of sp³-hybridized carbons (Fsp3) is 0.586. The number of ether oxygens (including phenoxy) is 1. The molecular weight excluding hydrogens is 436 g/mol. The van der Waals surface area contributed by atoms with Gasteiger partial charge in [0.2, 0.25) is 0 Å². The van der Waals surface area contributed by atoms with Gasteiger partial charge in [-0.3, -0.25) is 14.7 Å². The molecule has 5 rings (SSSR count). The van der Waals surface area contributed by atoms with Crippen molar-refractivity contribution in [3.63, 3.8) is 0 Å². The lowest BCUT2D eigenvalue weighted by molar-refractivity contribution is 0.00978. The Labute approximate surface area is 211 Å². The number of benzene rings is 2. The minimum absolute atomic E-state index is 0.614. The maximum atomic E-state index is 11.3. The van der Waals surface area contributed by atoms with Gasteiger partial charge in [-0.15, -0.1) is 0 Å². The summed E-state index contributed by atoms with van der Waals surface area (Å²) in [5.41, 5.74) is 1.95. The van der Waals surface area contributed by atoms with Crippen molar-refractivity contribution >= 4 is 5.69 Å². The van der Waals surface area contributed by atoms with E-state index in [1.165, 1.54) is 43.6 Å². The van der Waals surface area contributed by atoms with Gasteiger partial charge in [-0.25, -0.2) is 0 Å². The monoisotopic (exact) mass is 478 g/mol. The molecule has 190 valence electrons. The number of hydrogen-bond acceptors (Lipinski definition) is 6. The molecule has 6 heteroatoms. The Balaban J connectivity index is 1.05. The first kappa shape index (κ1) is 24.6. The van der Waals surface area contributed by atoms with Gasteiger partial charge in [0, 0.05) is 64.6 Å². The molecular formula is C29H42N4O2. The van der Waals surface area contributed by atoms with Gasteiger partial charge in [-0.2, -0.15) is 0 Å². The number of anilines is 1. The van der Waals surface area contributed by atoms with Crippen molar-refractivity contribution in [1.29, 1.82) is 0 Å². The number of piperazine rings is 1.